The summed E-state index contributed by atoms with van der Waals surface area (Å²) < 4.78 is 21.1. The van der Waals surface area contributed by atoms with Crippen LogP contribution in [0.15, 0.2) is 77.5 Å². The first-order chi connectivity index (χ1) is 20.0. The number of nitro groups is 1. The van der Waals surface area contributed by atoms with Gasteiger partial charge in [-0.1, -0.05) is 42.5 Å². The van der Waals surface area contributed by atoms with Gasteiger partial charge in [-0.25, -0.2) is 9.59 Å². The first-order valence-electron chi connectivity index (χ1n) is 12.7. The number of nitrogens with zero attached hydrogens (tertiary/aromatic N) is 3. The zero-order valence-corrected chi connectivity index (χ0v) is 23.1. The predicted molar refractivity (Wildman–Crippen MR) is 145 cm³/mol. The van der Waals surface area contributed by atoms with Crippen LogP contribution in [0.2, 0.25) is 0 Å². The second-order valence-electron chi connectivity index (χ2n) is 9.07. The minimum atomic E-state index is -1.23. The Bertz CT molecular complexity index is 1360. The molecule has 2 aromatic carbocycles. The fourth-order valence-electron chi connectivity index (χ4n) is 4.08. The van der Waals surface area contributed by atoms with Crippen molar-refractivity contribution in [1.82, 2.24) is 10.2 Å². The molecule has 0 aromatic heterocycles. The van der Waals surface area contributed by atoms with Gasteiger partial charge in [-0.05, 0) is 32.0 Å². The maximum Gasteiger partial charge on any atom is 0.513 e. The van der Waals surface area contributed by atoms with Gasteiger partial charge in [0.05, 0.1) is 16.3 Å². The summed E-state index contributed by atoms with van der Waals surface area (Å²) in [5.41, 5.74) is 1.81. The zero-order valence-electron chi connectivity index (χ0n) is 23.1. The standard InChI is InChI=1S/C27H30N4O11/c1-18-24(41-26(32)38-13-12-29(3)17-20-8-5-4-6-9-20)23(21-10-7-11-22(16-21)30(34)35)25(19(2)28-18)42-27(33)39-14-15-40-31(36)37/h4-11,16,23,28H,12-15,17H2,1-3H3. The molecule has 0 aliphatic carbocycles. The summed E-state index contributed by atoms with van der Waals surface area (Å²) in [6.07, 6.45) is -2.26. The molecule has 15 heteroatoms. The van der Waals surface area contributed by atoms with Gasteiger partial charge in [-0.3, -0.25) is 15.0 Å². The maximum atomic E-state index is 12.7. The van der Waals surface area contributed by atoms with E-state index in [4.69, 9.17) is 18.9 Å². The van der Waals surface area contributed by atoms with Gasteiger partial charge in [0.2, 0.25) is 0 Å². The molecule has 0 spiro atoms. The summed E-state index contributed by atoms with van der Waals surface area (Å²) in [4.78, 5) is 52.4. The van der Waals surface area contributed by atoms with E-state index in [9.17, 15) is 29.8 Å². The SMILES string of the molecule is CC1=C(OC(=O)OCCO[N+](=O)[O-])C(c2cccc([N+](=O)[O-])c2)C(OC(=O)OCCN(C)Cc2ccccc2)=C(C)N1. The van der Waals surface area contributed by atoms with Crippen molar-refractivity contribution in [3.8, 4) is 0 Å². The molecule has 15 nitrogen and oxygen atoms in total. The van der Waals surface area contributed by atoms with Gasteiger partial charge in [0.25, 0.3) is 10.8 Å². The molecule has 0 bridgehead atoms. The lowest BCUT2D eigenvalue weighted by Crippen LogP contribution is -2.30. The van der Waals surface area contributed by atoms with E-state index in [1.54, 1.807) is 13.8 Å². The zero-order chi connectivity index (χ0) is 30.6. The number of nitrogens with one attached hydrogen (secondary N) is 1. The van der Waals surface area contributed by atoms with Gasteiger partial charge in [0.1, 0.15) is 37.3 Å². The molecule has 1 aliphatic heterocycles. The third-order valence-corrected chi connectivity index (χ3v) is 5.93. The van der Waals surface area contributed by atoms with Crippen molar-refractivity contribution in [1.29, 1.82) is 0 Å². The number of carbonyl (C=O) groups is 2. The van der Waals surface area contributed by atoms with Crippen LogP contribution < -0.4 is 5.32 Å². The van der Waals surface area contributed by atoms with E-state index in [-0.39, 0.29) is 29.4 Å². The van der Waals surface area contributed by atoms with Crippen LogP contribution in [0.4, 0.5) is 15.3 Å². The Labute approximate surface area is 240 Å². The highest BCUT2D eigenvalue weighted by Gasteiger charge is 2.36. The summed E-state index contributed by atoms with van der Waals surface area (Å²) in [6.45, 7) is 3.24. The number of likely N-dealkylation sites (N-methyl/N-ethyl adjacent to an activating group) is 1. The van der Waals surface area contributed by atoms with Crippen LogP contribution in [0, 0.1) is 20.2 Å². The summed E-state index contributed by atoms with van der Waals surface area (Å²) in [5.74, 6) is -1.20. The monoisotopic (exact) mass is 586 g/mol. The van der Waals surface area contributed by atoms with E-state index >= 15 is 0 Å². The summed E-state index contributed by atoms with van der Waals surface area (Å²) >= 11 is 0. The largest absolute Gasteiger partial charge is 0.513 e. The first kappa shape index (κ1) is 31.3. The topological polar surface area (TPSA) is 182 Å². The van der Waals surface area contributed by atoms with E-state index in [0.29, 0.717) is 24.5 Å². The van der Waals surface area contributed by atoms with E-state index in [2.05, 4.69) is 10.2 Å². The number of allylic oxidation sites excluding steroid dienone is 2. The van der Waals surface area contributed by atoms with Crippen molar-refractivity contribution in [3.05, 3.63) is 109 Å². The van der Waals surface area contributed by atoms with E-state index in [1.165, 1.54) is 24.3 Å². The van der Waals surface area contributed by atoms with Gasteiger partial charge in [0, 0.05) is 25.2 Å². The third kappa shape index (κ3) is 9.19. The number of carbonyl (C=O) groups excluding carboxylic acids is 2. The van der Waals surface area contributed by atoms with Crippen LogP contribution in [-0.4, -0.2) is 60.6 Å². The van der Waals surface area contributed by atoms with Crippen molar-refractivity contribution in [3.63, 3.8) is 0 Å². The van der Waals surface area contributed by atoms with Crippen LogP contribution in [-0.2, 0) is 30.3 Å². The number of dihydropyridines is 1. The molecule has 2 aromatic rings. The average Bonchev–Trinajstić information content (AvgIpc) is 2.94. The van der Waals surface area contributed by atoms with Crippen molar-refractivity contribution >= 4 is 18.0 Å². The van der Waals surface area contributed by atoms with Crippen LogP contribution in [0.25, 0.3) is 0 Å². The number of ether oxygens (including phenoxy) is 4. The van der Waals surface area contributed by atoms with E-state index < -0.39 is 41.5 Å². The first-order valence-corrected chi connectivity index (χ1v) is 12.7. The van der Waals surface area contributed by atoms with Crippen molar-refractivity contribution in [2.75, 3.05) is 33.4 Å². The van der Waals surface area contributed by atoms with Crippen LogP contribution >= 0.6 is 0 Å². The summed E-state index contributed by atoms with van der Waals surface area (Å²) in [7, 11) is 1.87. The average molecular weight is 587 g/mol. The van der Waals surface area contributed by atoms with Crippen molar-refractivity contribution < 1.29 is 43.4 Å². The lowest BCUT2D eigenvalue weighted by atomic mass is 9.90. The quantitative estimate of drug-likeness (QED) is 0.151. The minimum Gasteiger partial charge on any atom is -0.433 e. The van der Waals surface area contributed by atoms with Crippen LogP contribution in [0.1, 0.15) is 30.9 Å². The van der Waals surface area contributed by atoms with E-state index in [1.807, 2.05) is 42.3 Å². The Morgan fingerprint density at radius 3 is 2.10 bits per heavy atom. The highest BCUT2D eigenvalue weighted by Crippen LogP contribution is 2.40. The molecular formula is C27H30N4O11. The normalized spacial score (nSPS) is 14.6. The Hall–Kier alpha value is -5.18. The van der Waals surface area contributed by atoms with Crippen molar-refractivity contribution in [2.45, 2.75) is 26.3 Å². The fourth-order valence-corrected chi connectivity index (χ4v) is 4.08. The Morgan fingerprint density at radius 1 is 0.881 bits per heavy atom. The van der Waals surface area contributed by atoms with Crippen LogP contribution in [0.5, 0.6) is 0 Å². The van der Waals surface area contributed by atoms with Gasteiger partial charge in [-0.15, -0.1) is 10.1 Å². The molecule has 0 saturated carbocycles. The summed E-state index contributed by atoms with van der Waals surface area (Å²) in [5, 5.41) is 23.7. The number of non-ortho nitro benzene ring substituents is 1. The van der Waals surface area contributed by atoms with Gasteiger partial charge < -0.3 is 29.1 Å². The van der Waals surface area contributed by atoms with Gasteiger partial charge in [0.15, 0.2) is 0 Å². The molecule has 224 valence electrons. The Kier molecular flexibility index (Phi) is 11.2. The van der Waals surface area contributed by atoms with Crippen molar-refractivity contribution in [2.24, 2.45) is 0 Å². The molecule has 1 atom stereocenters. The predicted octanol–water partition coefficient (Wildman–Crippen LogP) is 4.39. The number of hydrogen-bond donors (Lipinski definition) is 1. The van der Waals surface area contributed by atoms with Gasteiger partial charge >= 0.3 is 12.3 Å². The van der Waals surface area contributed by atoms with Gasteiger partial charge in [-0.2, -0.15) is 0 Å². The number of rotatable bonds is 13. The smallest absolute Gasteiger partial charge is 0.433 e. The Morgan fingerprint density at radius 2 is 1.50 bits per heavy atom. The lowest BCUT2D eigenvalue weighted by molar-refractivity contribution is -0.757. The van der Waals surface area contributed by atoms with E-state index in [0.717, 1.165) is 5.56 Å². The molecule has 1 aliphatic rings. The number of hydrogen-bond acceptors (Lipinski definition) is 13. The molecule has 0 radical (unpaired) electrons. The molecule has 0 saturated heterocycles. The Balaban J connectivity index is 1.75. The highest BCUT2D eigenvalue weighted by atomic mass is 17.0. The second-order valence-corrected chi connectivity index (χ2v) is 9.07. The lowest BCUT2D eigenvalue weighted by Gasteiger charge is -2.30. The maximum absolute atomic E-state index is 12.7. The molecule has 42 heavy (non-hydrogen) atoms. The molecule has 1 N–H and O–H groups in total. The number of benzene rings is 2. The van der Waals surface area contributed by atoms with Crippen LogP contribution in [0.3, 0.4) is 0 Å². The molecular weight excluding hydrogens is 556 g/mol. The third-order valence-electron chi connectivity index (χ3n) is 5.93. The minimum absolute atomic E-state index is 0.0141. The highest BCUT2D eigenvalue weighted by molar-refractivity contribution is 5.65. The molecule has 1 heterocycles. The molecule has 0 amide bonds. The second kappa shape index (κ2) is 15.0. The molecule has 1 unspecified atom stereocenters. The number of nitro benzene ring substituents is 1. The fraction of sp³-hybridized carbons (Fsp3) is 0.333. The summed E-state index contributed by atoms with van der Waals surface area (Å²) in [6, 6.07) is 15.3. The molecule has 3 rings (SSSR count). The molecule has 0 fully saturated rings.